The molecular formula is C27H30O17. The molecule has 2 aromatic carbocycles. The molecule has 0 radical (unpaired) electrons. The van der Waals surface area contributed by atoms with E-state index >= 15 is 0 Å². The number of benzene rings is 2. The molecule has 2 saturated heterocycles. The van der Waals surface area contributed by atoms with E-state index < -0.39 is 119 Å². The lowest BCUT2D eigenvalue weighted by molar-refractivity contribution is -0.318. The summed E-state index contributed by atoms with van der Waals surface area (Å²) in [5, 5.41) is 111. The maximum atomic E-state index is 13.6. The summed E-state index contributed by atoms with van der Waals surface area (Å²) >= 11 is 0. The normalized spacial score (nSPS) is 32.5. The van der Waals surface area contributed by atoms with Gasteiger partial charge in [-0.15, -0.1) is 0 Å². The van der Waals surface area contributed by atoms with Gasteiger partial charge in [0.2, 0.25) is 17.5 Å². The molecule has 3 aromatic rings. The van der Waals surface area contributed by atoms with Gasteiger partial charge in [0, 0.05) is 17.7 Å². The third-order valence-electron chi connectivity index (χ3n) is 7.39. The lowest BCUT2D eigenvalue weighted by Gasteiger charge is -2.42. The molecule has 1 aromatic heterocycles. The van der Waals surface area contributed by atoms with E-state index in [1.54, 1.807) is 0 Å². The molecule has 0 bridgehead atoms. The smallest absolute Gasteiger partial charge is 0.239 e. The topological polar surface area (TPSA) is 290 Å². The van der Waals surface area contributed by atoms with E-state index in [1.165, 1.54) is 6.92 Å². The molecule has 0 saturated carbocycles. The molecule has 17 nitrogen and oxygen atoms in total. The van der Waals surface area contributed by atoms with E-state index in [4.69, 9.17) is 23.4 Å². The number of fused-ring (bicyclic) bond motifs is 1. The number of ether oxygens (including phenoxy) is 4. The third kappa shape index (κ3) is 5.56. The summed E-state index contributed by atoms with van der Waals surface area (Å²) < 4.78 is 27.7. The fraction of sp³-hybridized carbons (Fsp3) is 0.444. The molecule has 0 aliphatic carbocycles. The van der Waals surface area contributed by atoms with Crippen molar-refractivity contribution in [3.8, 4) is 45.8 Å². The minimum atomic E-state index is -2.02. The molecule has 3 heterocycles. The van der Waals surface area contributed by atoms with Crippen LogP contribution in [-0.2, 0) is 14.2 Å². The first-order chi connectivity index (χ1) is 20.7. The number of hydrogen-bond acceptors (Lipinski definition) is 17. The van der Waals surface area contributed by atoms with Gasteiger partial charge in [-0.25, -0.2) is 0 Å². The predicted molar refractivity (Wildman–Crippen MR) is 142 cm³/mol. The van der Waals surface area contributed by atoms with Gasteiger partial charge in [-0.1, -0.05) is 0 Å². The second-order valence-corrected chi connectivity index (χ2v) is 10.4. The SMILES string of the molecule is C[C@H]1O[C@@H](OC[C@@H]2O[C@@H](Oc3c(-c4cc(O)c(O)c(O)c4)oc4cc(O)cc(O)c4c3=O)[C@@H](O)[C@@H](O)[C@@H]2O)[C@H](O)[C@H](O)[C@H]1O. The highest BCUT2D eigenvalue weighted by atomic mass is 16.7. The molecule has 11 N–H and O–H groups in total. The van der Waals surface area contributed by atoms with Crippen LogP contribution < -0.4 is 10.2 Å². The molecule has 44 heavy (non-hydrogen) atoms. The van der Waals surface area contributed by atoms with Crippen LogP contribution >= 0.6 is 0 Å². The Morgan fingerprint density at radius 2 is 1.34 bits per heavy atom. The Hall–Kier alpha value is -3.91. The predicted octanol–water partition coefficient (Wildman–Crippen LogP) is -1.98. The minimum Gasteiger partial charge on any atom is -0.508 e. The number of phenols is 5. The summed E-state index contributed by atoms with van der Waals surface area (Å²) in [6, 6.07) is 3.56. The number of aliphatic hydroxyl groups excluding tert-OH is 6. The zero-order valence-corrected chi connectivity index (χ0v) is 22.7. The van der Waals surface area contributed by atoms with E-state index in [0.717, 1.165) is 24.3 Å². The quantitative estimate of drug-likeness (QED) is 0.132. The zero-order valence-electron chi connectivity index (χ0n) is 22.7. The Bertz CT molecular complexity index is 1570. The van der Waals surface area contributed by atoms with Gasteiger partial charge < -0.3 is 79.5 Å². The summed E-state index contributed by atoms with van der Waals surface area (Å²) in [6.45, 7) is 0.770. The second-order valence-electron chi connectivity index (χ2n) is 10.4. The Balaban J connectivity index is 1.50. The van der Waals surface area contributed by atoms with Gasteiger partial charge in [-0.05, 0) is 19.1 Å². The van der Waals surface area contributed by atoms with Crippen LogP contribution in [0.2, 0.25) is 0 Å². The van der Waals surface area contributed by atoms with Crippen LogP contribution in [0.5, 0.6) is 34.5 Å². The number of aliphatic hydroxyl groups is 6. The van der Waals surface area contributed by atoms with E-state index in [-0.39, 0.29) is 11.1 Å². The van der Waals surface area contributed by atoms with Crippen molar-refractivity contribution in [3.63, 3.8) is 0 Å². The average molecular weight is 627 g/mol. The Morgan fingerprint density at radius 3 is 2.00 bits per heavy atom. The second kappa shape index (κ2) is 11.9. The van der Waals surface area contributed by atoms with Crippen molar-refractivity contribution in [2.75, 3.05) is 6.61 Å². The standard InChI is InChI=1S/C27H30O17/c1-7-16(32)20(36)22(38)26(41-7)40-6-14-18(34)21(37)23(39)27(43-14)44-25-19(35)15-10(29)4-9(28)5-13(15)42-24(25)8-2-11(30)17(33)12(31)3-8/h2-5,7,14,16,18,20-23,26-34,36-39H,6H2,1H3/t7-,14+,16+,18-,20-,21+,22-,23+,26-,27+/m1/s1. The maximum absolute atomic E-state index is 13.6. The number of rotatable bonds is 6. The first-order valence-electron chi connectivity index (χ1n) is 13.1. The van der Waals surface area contributed by atoms with Gasteiger partial charge in [0.1, 0.15) is 65.2 Å². The average Bonchev–Trinajstić information content (AvgIpc) is 2.97. The molecule has 10 atom stereocenters. The molecule has 0 amide bonds. The largest absolute Gasteiger partial charge is 0.508 e. The van der Waals surface area contributed by atoms with Gasteiger partial charge in [0.15, 0.2) is 29.3 Å². The number of phenolic OH excluding ortho intramolecular Hbond substituents is 5. The first kappa shape index (κ1) is 31.5. The Labute approximate surface area is 246 Å². The van der Waals surface area contributed by atoms with Crippen LogP contribution in [0.1, 0.15) is 6.92 Å². The molecule has 2 fully saturated rings. The van der Waals surface area contributed by atoms with E-state index in [1.807, 2.05) is 0 Å². The van der Waals surface area contributed by atoms with Crippen molar-refractivity contribution in [2.45, 2.75) is 68.3 Å². The molecular weight excluding hydrogens is 596 g/mol. The highest BCUT2D eigenvalue weighted by Crippen LogP contribution is 2.43. The van der Waals surface area contributed by atoms with Gasteiger partial charge in [0.25, 0.3) is 0 Å². The number of aromatic hydroxyl groups is 5. The molecule has 2 aliphatic heterocycles. The molecule has 240 valence electrons. The van der Waals surface area contributed by atoms with Gasteiger partial charge >= 0.3 is 0 Å². The maximum Gasteiger partial charge on any atom is 0.239 e. The van der Waals surface area contributed by atoms with Crippen molar-refractivity contribution in [2.24, 2.45) is 0 Å². The van der Waals surface area contributed by atoms with E-state index in [2.05, 4.69) is 0 Å². The minimum absolute atomic E-state index is 0.265. The zero-order chi connectivity index (χ0) is 32.2. The fourth-order valence-corrected chi connectivity index (χ4v) is 4.91. The summed E-state index contributed by atoms with van der Waals surface area (Å²) in [6.07, 6.45) is -16.5. The highest BCUT2D eigenvalue weighted by Gasteiger charge is 2.48. The number of hydrogen-bond donors (Lipinski definition) is 11. The van der Waals surface area contributed by atoms with Crippen LogP contribution in [0.4, 0.5) is 0 Å². The van der Waals surface area contributed by atoms with Crippen molar-refractivity contribution < 1.29 is 79.5 Å². The van der Waals surface area contributed by atoms with Crippen LogP contribution in [0, 0.1) is 0 Å². The van der Waals surface area contributed by atoms with Crippen LogP contribution in [0.25, 0.3) is 22.3 Å². The van der Waals surface area contributed by atoms with Crippen LogP contribution in [-0.4, -0.2) is 124 Å². The van der Waals surface area contributed by atoms with Crippen LogP contribution in [0.3, 0.4) is 0 Å². The summed E-state index contributed by atoms with van der Waals surface area (Å²) in [5.41, 5.74) is -1.74. The lowest BCUT2D eigenvalue weighted by Crippen LogP contribution is -2.61. The molecule has 17 heteroatoms. The Kier molecular flexibility index (Phi) is 8.51. The van der Waals surface area contributed by atoms with E-state index in [0.29, 0.717) is 0 Å². The van der Waals surface area contributed by atoms with E-state index in [9.17, 15) is 61.0 Å². The Morgan fingerprint density at radius 1 is 0.727 bits per heavy atom. The fourth-order valence-electron chi connectivity index (χ4n) is 4.91. The lowest BCUT2D eigenvalue weighted by atomic mass is 9.98. The summed E-state index contributed by atoms with van der Waals surface area (Å²) in [4.78, 5) is 13.6. The summed E-state index contributed by atoms with van der Waals surface area (Å²) in [5.74, 6) is -5.16. The third-order valence-corrected chi connectivity index (χ3v) is 7.39. The molecule has 0 unspecified atom stereocenters. The highest BCUT2D eigenvalue weighted by molar-refractivity contribution is 5.88. The van der Waals surface area contributed by atoms with Crippen molar-refractivity contribution in [1.82, 2.24) is 0 Å². The molecule has 0 spiro atoms. The van der Waals surface area contributed by atoms with Gasteiger partial charge in [0.05, 0.1) is 12.7 Å². The first-order valence-corrected chi connectivity index (χ1v) is 13.1. The molecule has 2 aliphatic rings. The monoisotopic (exact) mass is 626 g/mol. The van der Waals surface area contributed by atoms with Gasteiger partial charge in [-0.2, -0.15) is 0 Å². The molecule has 5 rings (SSSR count). The summed E-state index contributed by atoms with van der Waals surface area (Å²) in [7, 11) is 0. The van der Waals surface area contributed by atoms with Crippen molar-refractivity contribution in [3.05, 3.63) is 34.5 Å². The van der Waals surface area contributed by atoms with Crippen molar-refractivity contribution >= 4 is 11.0 Å². The van der Waals surface area contributed by atoms with Crippen LogP contribution in [0.15, 0.2) is 33.5 Å². The van der Waals surface area contributed by atoms with Crippen molar-refractivity contribution in [1.29, 1.82) is 0 Å². The van der Waals surface area contributed by atoms with Gasteiger partial charge in [-0.3, -0.25) is 4.79 Å².